The van der Waals surface area contributed by atoms with Gasteiger partial charge in [0.2, 0.25) is 0 Å². The van der Waals surface area contributed by atoms with Gasteiger partial charge in [-0.3, -0.25) is 0 Å². The number of aromatic nitrogens is 2. The van der Waals surface area contributed by atoms with Crippen LogP contribution < -0.4 is 4.90 Å². The number of rotatable bonds is 2. The summed E-state index contributed by atoms with van der Waals surface area (Å²) < 4.78 is 16.2. The van der Waals surface area contributed by atoms with Crippen LogP contribution in [0.25, 0.3) is 0 Å². The highest BCUT2D eigenvalue weighted by Crippen LogP contribution is 2.26. The molecule has 1 aromatic heterocycles. The fourth-order valence-electron chi connectivity index (χ4n) is 2.42. The van der Waals surface area contributed by atoms with Crippen molar-refractivity contribution in [3.8, 4) is 0 Å². The van der Waals surface area contributed by atoms with Crippen molar-refractivity contribution in [3.05, 3.63) is 47.8 Å². The van der Waals surface area contributed by atoms with Crippen molar-refractivity contribution in [3.63, 3.8) is 0 Å². The minimum atomic E-state index is -0.649. The molecule has 0 saturated heterocycles. The van der Waals surface area contributed by atoms with Crippen molar-refractivity contribution in [1.82, 2.24) is 9.55 Å². The predicted molar refractivity (Wildman–Crippen MR) is 70.3 cm³/mol. The second kappa shape index (κ2) is 4.66. The Bertz CT molecular complexity index is 594. The van der Waals surface area contributed by atoms with Crippen LogP contribution in [-0.4, -0.2) is 21.2 Å². The first-order valence-electron chi connectivity index (χ1n) is 6.37. The first kappa shape index (κ1) is 12.2. The second-order valence-electron chi connectivity index (χ2n) is 4.85. The van der Waals surface area contributed by atoms with E-state index in [4.69, 9.17) is 0 Å². The molecule has 0 unspecified atom stereocenters. The molecule has 1 atom stereocenters. The zero-order valence-corrected chi connectivity index (χ0v) is 10.8. The lowest BCUT2D eigenvalue weighted by atomic mass is 10.1. The van der Waals surface area contributed by atoms with Crippen molar-refractivity contribution >= 4 is 5.69 Å². The number of benzene rings is 1. The average Bonchev–Trinajstić information content (AvgIpc) is 2.85. The molecule has 4 nitrogen and oxygen atoms in total. The molecule has 0 spiro atoms. The first-order valence-corrected chi connectivity index (χ1v) is 6.37. The number of nitrogens with zero attached hydrogens (tertiary/aromatic N) is 3. The first-order chi connectivity index (χ1) is 9.15. The van der Waals surface area contributed by atoms with Crippen LogP contribution >= 0.6 is 0 Å². The van der Waals surface area contributed by atoms with Crippen molar-refractivity contribution in [2.45, 2.75) is 26.1 Å². The van der Waals surface area contributed by atoms with Crippen LogP contribution in [0.5, 0.6) is 0 Å². The average molecular weight is 261 g/mol. The molecule has 3 rings (SSSR count). The van der Waals surface area contributed by atoms with Gasteiger partial charge in [-0.05, 0) is 24.6 Å². The van der Waals surface area contributed by atoms with Crippen molar-refractivity contribution in [2.75, 3.05) is 11.4 Å². The molecular weight excluding hydrogens is 245 g/mol. The Labute approximate surface area is 111 Å². The second-order valence-corrected chi connectivity index (χ2v) is 4.85. The fourth-order valence-corrected chi connectivity index (χ4v) is 2.42. The Hall–Kier alpha value is -1.88. The van der Waals surface area contributed by atoms with Gasteiger partial charge in [0.25, 0.3) is 0 Å². The van der Waals surface area contributed by atoms with Gasteiger partial charge in [0.05, 0.1) is 18.3 Å². The number of fused-ring (bicyclic) bond motifs is 1. The quantitative estimate of drug-likeness (QED) is 0.900. The van der Waals surface area contributed by atoms with Crippen LogP contribution in [-0.2, 0) is 13.1 Å². The Morgan fingerprint density at radius 3 is 2.95 bits per heavy atom. The Kier molecular flexibility index (Phi) is 2.98. The van der Waals surface area contributed by atoms with Gasteiger partial charge >= 0.3 is 0 Å². The van der Waals surface area contributed by atoms with E-state index in [1.807, 2.05) is 11.1 Å². The zero-order valence-electron chi connectivity index (χ0n) is 10.8. The van der Waals surface area contributed by atoms with E-state index in [1.54, 1.807) is 25.3 Å². The number of halogens is 1. The number of hydrogen-bond donors (Lipinski definition) is 1. The molecule has 0 saturated carbocycles. The molecule has 19 heavy (non-hydrogen) atoms. The van der Waals surface area contributed by atoms with Gasteiger partial charge in [-0.15, -0.1) is 0 Å². The van der Waals surface area contributed by atoms with Crippen LogP contribution in [0.4, 0.5) is 10.1 Å². The Morgan fingerprint density at radius 1 is 1.37 bits per heavy atom. The number of anilines is 1. The third kappa shape index (κ3) is 2.21. The lowest BCUT2D eigenvalue weighted by Crippen LogP contribution is -2.34. The largest absolute Gasteiger partial charge is 0.389 e. The van der Waals surface area contributed by atoms with E-state index in [0.717, 1.165) is 18.9 Å². The standard InChI is InChI=1S/C14H16FN3O/c1-10(19)11-2-3-13(12(15)8-11)18-7-6-17-5-4-16-14(17)9-18/h2-5,8,10,19H,6-7,9H2,1H3/t10-/m1/s1. The van der Waals surface area contributed by atoms with Gasteiger partial charge in [-0.2, -0.15) is 0 Å². The number of aliphatic hydroxyl groups excluding tert-OH is 1. The molecule has 1 aliphatic heterocycles. The molecule has 0 fully saturated rings. The van der Waals surface area contributed by atoms with Gasteiger partial charge < -0.3 is 14.6 Å². The molecule has 0 aliphatic carbocycles. The van der Waals surface area contributed by atoms with Gasteiger partial charge in [-0.1, -0.05) is 6.07 Å². The smallest absolute Gasteiger partial charge is 0.146 e. The molecule has 1 N–H and O–H groups in total. The third-order valence-electron chi connectivity index (χ3n) is 3.54. The highest BCUT2D eigenvalue weighted by molar-refractivity contribution is 5.50. The van der Waals surface area contributed by atoms with Gasteiger partial charge in [0.15, 0.2) is 0 Å². The maximum absolute atomic E-state index is 14.1. The van der Waals surface area contributed by atoms with Gasteiger partial charge in [0.1, 0.15) is 11.6 Å². The summed E-state index contributed by atoms with van der Waals surface area (Å²) in [4.78, 5) is 6.24. The van der Waals surface area contributed by atoms with E-state index in [-0.39, 0.29) is 5.82 Å². The van der Waals surface area contributed by atoms with E-state index in [2.05, 4.69) is 9.55 Å². The van der Waals surface area contributed by atoms with E-state index in [9.17, 15) is 9.50 Å². The number of hydrogen-bond acceptors (Lipinski definition) is 3. The van der Waals surface area contributed by atoms with E-state index in [0.29, 0.717) is 17.8 Å². The summed E-state index contributed by atoms with van der Waals surface area (Å²) in [5.41, 5.74) is 1.17. The fraction of sp³-hybridized carbons (Fsp3) is 0.357. The van der Waals surface area contributed by atoms with Crippen molar-refractivity contribution < 1.29 is 9.50 Å². The third-order valence-corrected chi connectivity index (χ3v) is 3.54. The molecule has 1 aromatic carbocycles. The van der Waals surface area contributed by atoms with Gasteiger partial charge in [-0.25, -0.2) is 9.37 Å². The summed E-state index contributed by atoms with van der Waals surface area (Å²) in [5, 5.41) is 9.46. The van der Waals surface area contributed by atoms with Crippen molar-refractivity contribution in [1.29, 1.82) is 0 Å². The highest BCUT2D eigenvalue weighted by Gasteiger charge is 2.19. The SMILES string of the molecule is C[C@@H](O)c1ccc(N2CCn3ccnc3C2)c(F)c1. The Morgan fingerprint density at radius 2 is 2.21 bits per heavy atom. The molecule has 2 aromatic rings. The maximum atomic E-state index is 14.1. The van der Waals surface area contributed by atoms with Crippen LogP contribution in [0.1, 0.15) is 24.4 Å². The Balaban J connectivity index is 1.88. The number of aliphatic hydroxyl groups is 1. The van der Waals surface area contributed by atoms with Crippen LogP contribution in [0.2, 0.25) is 0 Å². The van der Waals surface area contributed by atoms with Crippen LogP contribution in [0.15, 0.2) is 30.6 Å². The van der Waals surface area contributed by atoms with E-state index in [1.165, 1.54) is 6.07 Å². The summed E-state index contributed by atoms with van der Waals surface area (Å²) in [6.07, 6.45) is 3.06. The van der Waals surface area contributed by atoms with E-state index >= 15 is 0 Å². The topological polar surface area (TPSA) is 41.3 Å². The molecule has 1 aliphatic rings. The van der Waals surface area contributed by atoms with Crippen LogP contribution in [0.3, 0.4) is 0 Å². The molecular formula is C14H16FN3O. The van der Waals surface area contributed by atoms with Crippen molar-refractivity contribution in [2.24, 2.45) is 0 Å². The monoisotopic (exact) mass is 261 g/mol. The predicted octanol–water partition coefficient (Wildman–Crippen LogP) is 2.10. The minimum absolute atomic E-state index is 0.293. The summed E-state index contributed by atoms with van der Waals surface area (Å²) in [6.45, 7) is 3.81. The molecule has 0 bridgehead atoms. The summed E-state index contributed by atoms with van der Waals surface area (Å²) in [7, 11) is 0. The molecule has 0 amide bonds. The molecule has 100 valence electrons. The molecule has 2 heterocycles. The normalized spacial score (nSPS) is 16.3. The summed E-state index contributed by atoms with van der Waals surface area (Å²) >= 11 is 0. The lowest BCUT2D eigenvalue weighted by Gasteiger charge is -2.30. The minimum Gasteiger partial charge on any atom is -0.389 e. The van der Waals surface area contributed by atoms with E-state index < -0.39 is 6.10 Å². The summed E-state index contributed by atoms with van der Waals surface area (Å²) in [6, 6.07) is 4.90. The molecule has 0 radical (unpaired) electrons. The summed E-state index contributed by atoms with van der Waals surface area (Å²) in [5.74, 6) is 0.656. The highest BCUT2D eigenvalue weighted by atomic mass is 19.1. The van der Waals surface area contributed by atoms with Gasteiger partial charge in [0, 0.05) is 25.5 Å². The maximum Gasteiger partial charge on any atom is 0.146 e. The molecule has 5 heteroatoms. The number of imidazole rings is 1. The lowest BCUT2D eigenvalue weighted by molar-refractivity contribution is 0.199. The van der Waals surface area contributed by atoms with Crippen LogP contribution in [0, 0.1) is 5.82 Å². The zero-order chi connectivity index (χ0) is 13.4.